The van der Waals surface area contributed by atoms with Crippen LogP contribution in [-0.2, 0) is 24.6 Å². The molecular formula is C16H19F3N4O. The summed E-state index contributed by atoms with van der Waals surface area (Å²) in [6.45, 7) is 0.0845. The van der Waals surface area contributed by atoms with Crippen molar-refractivity contribution >= 4 is 5.91 Å². The van der Waals surface area contributed by atoms with Crippen LogP contribution in [0.25, 0.3) is 0 Å². The maximum Gasteiger partial charge on any atom is 0.416 e. The number of aromatic nitrogens is 2. The van der Waals surface area contributed by atoms with Gasteiger partial charge in [-0.2, -0.15) is 18.3 Å². The van der Waals surface area contributed by atoms with Crippen LogP contribution in [0.1, 0.15) is 22.7 Å². The number of amides is 1. The van der Waals surface area contributed by atoms with Crippen LogP contribution in [0.15, 0.2) is 36.7 Å². The molecule has 1 heterocycles. The molecule has 1 unspecified atom stereocenters. The highest BCUT2D eigenvalue weighted by Gasteiger charge is 2.30. The molecule has 0 aliphatic rings. The van der Waals surface area contributed by atoms with E-state index < -0.39 is 17.8 Å². The first kappa shape index (κ1) is 18.0. The minimum atomic E-state index is -4.40. The van der Waals surface area contributed by atoms with E-state index in [2.05, 4.69) is 10.4 Å². The minimum Gasteiger partial charge on any atom is -0.340 e. The lowest BCUT2D eigenvalue weighted by atomic mass is 10.1. The average Bonchev–Trinajstić information content (AvgIpc) is 2.93. The van der Waals surface area contributed by atoms with Gasteiger partial charge >= 0.3 is 6.18 Å². The zero-order valence-corrected chi connectivity index (χ0v) is 13.6. The number of halogens is 3. The number of carbonyl (C=O) groups is 1. The van der Waals surface area contributed by atoms with Gasteiger partial charge in [0.15, 0.2) is 0 Å². The summed E-state index contributed by atoms with van der Waals surface area (Å²) in [7, 11) is 4.95. The van der Waals surface area contributed by atoms with Crippen molar-refractivity contribution in [1.82, 2.24) is 20.0 Å². The third-order valence-electron chi connectivity index (χ3n) is 3.64. The van der Waals surface area contributed by atoms with Gasteiger partial charge in [-0.25, -0.2) is 0 Å². The standard InChI is InChI=1S/C16H19F3N4O/c1-20-14(12-8-21-23(3)10-12)15(24)22(2)9-11-5-4-6-13(7-11)16(17,18)19/h4-8,10,14,20H,9H2,1-3H3. The number of benzene rings is 1. The first-order valence-electron chi connectivity index (χ1n) is 7.29. The summed E-state index contributed by atoms with van der Waals surface area (Å²) in [6, 6.07) is 4.37. The lowest BCUT2D eigenvalue weighted by Crippen LogP contribution is -2.37. The van der Waals surface area contributed by atoms with Crippen molar-refractivity contribution in [3.05, 3.63) is 53.3 Å². The Balaban J connectivity index is 2.13. The lowest BCUT2D eigenvalue weighted by Gasteiger charge is -2.23. The van der Waals surface area contributed by atoms with Gasteiger partial charge in [-0.05, 0) is 24.7 Å². The lowest BCUT2D eigenvalue weighted by molar-refractivity contribution is -0.137. The molecule has 5 nitrogen and oxygen atoms in total. The molecular weight excluding hydrogens is 321 g/mol. The van der Waals surface area contributed by atoms with Crippen molar-refractivity contribution in [2.45, 2.75) is 18.8 Å². The smallest absolute Gasteiger partial charge is 0.340 e. The van der Waals surface area contributed by atoms with Gasteiger partial charge in [0.2, 0.25) is 5.91 Å². The van der Waals surface area contributed by atoms with Crippen LogP contribution in [0.4, 0.5) is 13.2 Å². The van der Waals surface area contributed by atoms with E-state index in [1.807, 2.05) is 0 Å². The number of nitrogens with zero attached hydrogens (tertiary/aromatic N) is 3. The predicted molar refractivity (Wildman–Crippen MR) is 82.9 cm³/mol. The summed E-state index contributed by atoms with van der Waals surface area (Å²) in [6.07, 6.45) is -1.10. The monoisotopic (exact) mass is 340 g/mol. The van der Waals surface area contributed by atoms with Gasteiger partial charge in [-0.1, -0.05) is 12.1 Å². The normalized spacial score (nSPS) is 12.9. The number of aryl methyl sites for hydroxylation is 1. The zero-order chi connectivity index (χ0) is 17.9. The summed E-state index contributed by atoms with van der Waals surface area (Å²) in [5, 5.41) is 6.94. The van der Waals surface area contributed by atoms with Crippen LogP contribution in [-0.4, -0.2) is 34.7 Å². The molecule has 0 spiro atoms. The molecule has 1 aromatic carbocycles. The van der Waals surface area contributed by atoms with Crippen LogP contribution < -0.4 is 5.32 Å². The van der Waals surface area contributed by atoms with Crippen molar-refractivity contribution < 1.29 is 18.0 Å². The fraction of sp³-hybridized carbons (Fsp3) is 0.375. The Kier molecular flexibility index (Phi) is 5.28. The maximum atomic E-state index is 12.8. The molecule has 2 aromatic rings. The third kappa shape index (κ3) is 4.14. The van der Waals surface area contributed by atoms with Crippen molar-refractivity contribution in [3.63, 3.8) is 0 Å². The van der Waals surface area contributed by atoms with E-state index in [-0.39, 0.29) is 12.5 Å². The Bertz CT molecular complexity index is 711. The number of hydrogen-bond donors (Lipinski definition) is 1. The largest absolute Gasteiger partial charge is 0.416 e. The maximum absolute atomic E-state index is 12.8. The molecule has 24 heavy (non-hydrogen) atoms. The first-order valence-corrected chi connectivity index (χ1v) is 7.29. The summed E-state index contributed by atoms with van der Waals surface area (Å²) in [5.41, 5.74) is 0.390. The second-order valence-electron chi connectivity index (χ2n) is 5.56. The van der Waals surface area contributed by atoms with E-state index in [0.717, 1.165) is 12.1 Å². The number of alkyl halides is 3. The summed E-state index contributed by atoms with van der Waals surface area (Å²) in [4.78, 5) is 14.0. The Morgan fingerprint density at radius 3 is 2.67 bits per heavy atom. The quantitative estimate of drug-likeness (QED) is 0.909. The highest BCUT2D eigenvalue weighted by molar-refractivity contribution is 5.82. The zero-order valence-electron chi connectivity index (χ0n) is 13.6. The van der Waals surface area contributed by atoms with Crippen molar-refractivity contribution in [3.8, 4) is 0 Å². The van der Waals surface area contributed by atoms with Crippen LogP contribution in [0.5, 0.6) is 0 Å². The van der Waals surface area contributed by atoms with Crippen LogP contribution in [0.3, 0.4) is 0 Å². The Morgan fingerprint density at radius 1 is 1.42 bits per heavy atom. The van der Waals surface area contributed by atoms with Crippen molar-refractivity contribution in [2.24, 2.45) is 7.05 Å². The molecule has 1 atom stereocenters. The Labute approximate surface area is 138 Å². The van der Waals surface area contributed by atoms with Gasteiger partial charge in [0.1, 0.15) is 6.04 Å². The number of likely N-dealkylation sites (N-methyl/N-ethyl adjacent to an activating group) is 2. The first-order chi connectivity index (χ1) is 11.2. The molecule has 0 saturated heterocycles. The van der Waals surface area contributed by atoms with Gasteiger partial charge in [0.25, 0.3) is 0 Å². The molecule has 1 amide bonds. The number of rotatable bonds is 5. The van der Waals surface area contributed by atoms with E-state index in [9.17, 15) is 18.0 Å². The van der Waals surface area contributed by atoms with Gasteiger partial charge in [-0.3, -0.25) is 9.48 Å². The molecule has 0 saturated carbocycles. The fourth-order valence-corrected chi connectivity index (χ4v) is 2.44. The van der Waals surface area contributed by atoms with Crippen LogP contribution in [0.2, 0.25) is 0 Å². The Hall–Kier alpha value is -2.35. The number of carbonyl (C=O) groups excluding carboxylic acids is 1. The minimum absolute atomic E-state index is 0.0845. The molecule has 1 N–H and O–H groups in total. The predicted octanol–water partition coefficient (Wildman–Crippen LogP) is 2.36. The van der Waals surface area contributed by atoms with E-state index in [1.165, 1.54) is 11.0 Å². The Morgan fingerprint density at radius 2 is 2.12 bits per heavy atom. The summed E-state index contributed by atoms with van der Waals surface area (Å²) >= 11 is 0. The highest BCUT2D eigenvalue weighted by atomic mass is 19.4. The molecule has 1 aromatic heterocycles. The second-order valence-corrected chi connectivity index (χ2v) is 5.56. The summed E-state index contributed by atoms with van der Waals surface area (Å²) < 4.78 is 39.9. The second kappa shape index (κ2) is 7.04. The molecule has 0 bridgehead atoms. The average molecular weight is 340 g/mol. The fourth-order valence-electron chi connectivity index (χ4n) is 2.44. The van der Waals surface area contributed by atoms with Gasteiger partial charge in [-0.15, -0.1) is 0 Å². The molecule has 0 aliphatic carbocycles. The third-order valence-corrected chi connectivity index (χ3v) is 3.64. The number of hydrogen-bond acceptors (Lipinski definition) is 3. The van der Waals surface area contributed by atoms with Crippen LogP contribution >= 0.6 is 0 Å². The SMILES string of the molecule is CNC(C(=O)N(C)Cc1cccc(C(F)(F)F)c1)c1cnn(C)c1. The van der Waals surface area contributed by atoms with Gasteiger partial charge in [0.05, 0.1) is 11.8 Å². The van der Waals surface area contributed by atoms with Gasteiger partial charge in [0, 0.05) is 32.4 Å². The molecule has 0 radical (unpaired) electrons. The molecule has 130 valence electrons. The molecule has 8 heteroatoms. The van der Waals surface area contributed by atoms with Crippen molar-refractivity contribution in [2.75, 3.05) is 14.1 Å². The topological polar surface area (TPSA) is 50.2 Å². The van der Waals surface area contributed by atoms with E-state index in [0.29, 0.717) is 11.1 Å². The number of nitrogens with one attached hydrogen (secondary N) is 1. The van der Waals surface area contributed by atoms with E-state index in [4.69, 9.17) is 0 Å². The molecule has 0 fully saturated rings. The molecule has 2 rings (SSSR count). The summed E-state index contributed by atoms with van der Waals surface area (Å²) in [5.74, 6) is -0.247. The van der Waals surface area contributed by atoms with Crippen molar-refractivity contribution in [1.29, 1.82) is 0 Å². The van der Waals surface area contributed by atoms with Crippen LogP contribution in [0, 0.1) is 0 Å². The van der Waals surface area contributed by atoms with E-state index >= 15 is 0 Å². The van der Waals surface area contributed by atoms with E-state index in [1.54, 1.807) is 44.3 Å². The molecule has 0 aliphatic heterocycles. The van der Waals surface area contributed by atoms with Gasteiger partial charge < -0.3 is 10.2 Å². The highest BCUT2D eigenvalue weighted by Crippen LogP contribution is 2.29.